The summed E-state index contributed by atoms with van der Waals surface area (Å²) in [4.78, 5) is 7.44. The Hall–Kier alpha value is -1.10. The third kappa shape index (κ3) is 4.11. The Bertz CT molecular complexity index is 508. The van der Waals surface area contributed by atoms with E-state index in [1.54, 1.807) is 0 Å². The highest BCUT2D eigenvalue weighted by molar-refractivity contribution is 5.47. The summed E-state index contributed by atoms with van der Waals surface area (Å²) in [6, 6.07) is 9.60. The summed E-state index contributed by atoms with van der Waals surface area (Å²) in [5.41, 5.74) is 2.69. The number of rotatable bonds is 5. The zero-order valence-electron chi connectivity index (χ0n) is 15.5. The monoisotopic (exact) mass is 331 g/mol. The van der Waals surface area contributed by atoms with Crippen LogP contribution in [0.25, 0.3) is 0 Å². The van der Waals surface area contributed by atoms with Crippen molar-refractivity contribution in [1.82, 2.24) is 9.80 Å². The Labute approximate surface area is 147 Å². The second-order valence-electron chi connectivity index (χ2n) is 7.97. The fourth-order valence-corrected chi connectivity index (χ4v) is 4.40. The van der Waals surface area contributed by atoms with E-state index in [1.807, 2.05) is 0 Å². The summed E-state index contributed by atoms with van der Waals surface area (Å²) in [6.07, 6.45) is 2.47. The molecule has 3 rings (SSSR count). The van der Waals surface area contributed by atoms with Gasteiger partial charge in [-0.05, 0) is 57.8 Å². The summed E-state index contributed by atoms with van der Waals surface area (Å²) in [5, 5.41) is 9.73. The summed E-state index contributed by atoms with van der Waals surface area (Å²) in [6.45, 7) is 8.08. The van der Waals surface area contributed by atoms with E-state index >= 15 is 0 Å². The molecule has 24 heavy (non-hydrogen) atoms. The highest BCUT2D eigenvalue weighted by atomic mass is 16.3. The molecule has 1 aromatic rings. The lowest BCUT2D eigenvalue weighted by molar-refractivity contribution is 0.175. The maximum atomic E-state index is 9.73. The van der Waals surface area contributed by atoms with Gasteiger partial charge in [-0.25, -0.2) is 0 Å². The van der Waals surface area contributed by atoms with Crippen LogP contribution in [-0.2, 0) is 0 Å². The number of aliphatic hydroxyl groups excluding tert-OH is 1. The van der Waals surface area contributed by atoms with Gasteiger partial charge >= 0.3 is 0 Å². The number of benzene rings is 1. The van der Waals surface area contributed by atoms with Gasteiger partial charge in [0.15, 0.2) is 0 Å². The van der Waals surface area contributed by atoms with Crippen molar-refractivity contribution in [2.24, 2.45) is 11.8 Å². The minimum Gasteiger partial charge on any atom is -0.396 e. The van der Waals surface area contributed by atoms with Gasteiger partial charge in [0, 0.05) is 51.1 Å². The molecule has 0 aromatic heterocycles. The van der Waals surface area contributed by atoms with Crippen LogP contribution in [0.15, 0.2) is 24.3 Å². The molecule has 0 aliphatic carbocycles. The molecule has 2 saturated heterocycles. The van der Waals surface area contributed by atoms with E-state index in [-0.39, 0.29) is 0 Å². The molecule has 1 N–H and O–H groups in total. The first-order valence-electron chi connectivity index (χ1n) is 9.38. The first-order chi connectivity index (χ1) is 11.6. The van der Waals surface area contributed by atoms with Crippen LogP contribution in [-0.4, -0.2) is 74.4 Å². The van der Waals surface area contributed by atoms with Crippen LogP contribution in [0.1, 0.15) is 18.4 Å². The van der Waals surface area contributed by atoms with Crippen molar-refractivity contribution in [2.45, 2.75) is 25.8 Å². The lowest BCUT2D eigenvalue weighted by atomic mass is 9.97. The van der Waals surface area contributed by atoms with Crippen LogP contribution in [0, 0.1) is 18.8 Å². The maximum absolute atomic E-state index is 9.73. The molecule has 0 amide bonds. The van der Waals surface area contributed by atoms with E-state index in [0.29, 0.717) is 24.5 Å². The largest absolute Gasteiger partial charge is 0.396 e. The van der Waals surface area contributed by atoms with E-state index in [0.717, 1.165) is 32.7 Å². The van der Waals surface area contributed by atoms with E-state index in [2.05, 4.69) is 60.0 Å². The van der Waals surface area contributed by atoms with E-state index in [9.17, 15) is 5.11 Å². The van der Waals surface area contributed by atoms with Gasteiger partial charge in [-0.15, -0.1) is 0 Å². The van der Waals surface area contributed by atoms with Gasteiger partial charge in [0.25, 0.3) is 0 Å². The zero-order valence-corrected chi connectivity index (χ0v) is 15.5. The van der Waals surface area contributed by atoms with Crippen molar-refractivity contribution in [2.75, 3.05) is 58.3 Å². The predicted molar refractivity (Wildman–Crippen MR) is 101 cm³/mol. The van der Waals surface area contributed by atoms with Crippen molar-refractivity contribution in [3.8, 4) is 0 Å². The molecule has 0 radical (unpaired) electrons. The average Bonchev–Trinajstić information content (AvgIpc) is 2.98. The van der Waals surface area contributed by atoms with Crippen LogP contribution in [0.2, 0.25) is 0 Å². The highest BCUT2D eigenvalue weighted by Gasteiger charge is 2.36. The number of hydrogen-bond donors (Lipinski definition) is 1. The second kappa shape index (κ2) is 7.85. The van der Waals surface area contributed by atoms with Gasteiger partial charge in [0.05, 0.1) is 0 Å². The molecule has 2 aliphatic rings. The van der Waals surface area contributed by atoms with Gasteiger partial charge in [-0.3, -0.25) is 4.90 Å². The highest BCUT2D eigenvalue weighted by Crippen LogP contribution is 2.30. The summed E-state index contributed by atoms with van der Waals surface area (Å²) < 4.78 is 0. The van der Waals surface area contributed by atoms with Crippen LogP contribution in [0.3, 0.4) is 0 Å². The third-order valence-electron chi connectivity index (χ3n) is 5.82. The Morgan fingerprint density at radius 1 is 1.04 bits per heavy atom. The number of aliphatic hydroxyl groups is 1. The van der Waals surface area contributed by atoms with Gasteiger partial charge in [-0.1, -0.05) is 17.7 Å². The van der Waals surface area contributed by atoms with Crippen molar-refractivity contribution in [3.05, 3.63) is 29.8 Å². The molecule has 4 nitrogen and oxygen atoms in total. The van der Waals surface area contributed by atoms with Crippen LogP contribution >= 0.6 is 0 Å². The minimum atomic E-state index is 0.331. The van der Waals surface area contributed by atoms with Crippen molar-refractivity contribution >= 4 is 5.69 Å². The Morgan fingerprint density at radius 3 is 2.25 bits per heavy atom. The van der Waals surface area contributed by atoms with Crippen molar-refractivity contribution in [1.29, 1.82) is 0 Å². The lowest BCUT2D eigenvalue weighted by Gasteiger charge is -2.38. The average molecular weight is 332 g/mol. The molecule has 4 heteroatoms. The molecule has 0 spiro atoms. The van der Waals surface area contributed by atoms with E-state index in [1.165, 1.54) is 24.1 Å². The van der Waals surface area contributed by atoms with Gasteiger partial charge in [0.2, 0.25) is 0 Å². The molecule has 134 valence electrons. The van der Waals surface area contributed by atoms with Gasteiger partial charge in [0.1, 0.15) is 0 Å². The number of nitrogens with zero attached hydrogens (tertiary/aromatic N) is 3. The number of anilines is 1. The number of piperidine rings is 1. The number of hydrogen-bond acceptors (Lipinski definition) is 4. The first-order valence-corrected chi connectivity index (χ1v) is 9.38. The van der Waals surface area contributed by atoms with Crippen LogP contribution < -0.4 is 4.90 Å². The van der Waals surface area contributed by atoms with Crippen molar-refractivity contribution in [3.63, 3.8) is 0 Å². The summed E-state index contributed by atoms with van der Waals surface area (Å²) in [5.74, 6) is 1.06. The fourth-order valence-electron chi connectivity index (χ4n) is 4.40. The SMILES string of the molecule is Cc1ccc(N2CCC(N3C[C@@H](CN(C)C)[C@@H](CO)C3)CC2)cc1. The number of likely N-dealkylation sites (tertiary alicyclic amines) is 1. The Morgan fingerprint density at radius 2 is 1.67 bits per heavy atom. The molecular weight excluding hydrogens is 298 g/mol. The third-order valence-corrected chi connectivity index (χ3v) is 5.82. The Kier molecular flexibility index (Phi) is 5.80. The quantitative estimate of drug-likeness (QED) is 0.895. The van der Waals surface area contributed by atoms with E-state index < -0.39 is 0 Å². The molecule has 2 aliphatic heterocycles. The van der Waals surface area contributed by atoms with Crippen LogP contribution in [0.5, 0.6) is 0 Å². The molecule has 2 fully saturated rings. The fraction of sp³-hybridized carbons (Fsp3) is 0.700. The predicted octanol–water partition coefficient (Wildman–Crippen LogP) is 2.07. The molecule has 0 unspecified atom stereocenters. The molecule has 1 aromatic carbocycles. The van der Waals surface area contributed by atoms with E-state index in [4.69, 9.17) is 0 Å². The van der Waals surface area contributed by atoms with Crippen molar-refractivity contribution < 1.29 is 5.11 Å². The summed E-state index contributed by atoms with van der Waals surface area (Å²) >= 11 is 0. The second-order valence-corrected chi connectivity index (χ2v) is 7.97. The topological polar surface area (TPSA) is 30.0 Å². The zero-order chi connectivity index (χ0) is 17.1. The number of aryl methyl sites for hydroxylation is 1. The minimum absolute atomic E-state index is 0.331. The lowest BCUT2D eigenvalue weighted by Crippen LogP contribution is -2.44. The summed E-state index contributed by atoms with van der Waals surface area (Å²) in [7, 11) is 4.27. The van der Waals surface area contributed by atoms with Gasteiger partial charge < -0.3 is 14.9 Å². The normalized spacial score (nSPS) is 26.5. The molecular formula is C20H33N3O. The molecule has 2 heterocycles. The molecule has 2 atom stereocenters. The first kappa shape index (κ1) is 17.7. The van der Waals surface area contributed by atoms with Crippen LogP contribution in [0.4, 0.5) is 5.69 Å². The van der Waals surface area contributed by atoms with Gasteiger partial charge in [-0.2, -0.15) is 0 Å². The maximum Gasteiger partial charge on any atom is 0.0475 e. The molecule has 0 bridgehead atoms. The standard InChI is InChI=1S/C20H33N3O/c1-16-4-6-19(7-5-16)22-10-8-20(9-11-22)23-13-17(12-21(2)3)18(14-23)15-24/h4-7,17-18,20,24H,8-15H2,1-3H3/t17-,18-/m1/s1. The smallest absolute Gasteiger partial charge is 0.0475 e. The molecule has 0 saturated carbocycles. The Balaban J connectivity index is 1.54.